The van der Waals surface area contributed by atoms with Crippen LogP contribution in [0.2, 0.25) is 0 Å². The number of hydrogen-bond donors (Lipinski definition) is 2. The topological polar surface area (TPSA) is 39.7 Å². The molecule has 0 bridgehead atoms. The molecule has 0 aliphatic carbocycles. The zero-order chi connectivity index (χ0) is 17.2. The molecular formula is C19H31FN4. The summed E-state index contributed by atoms with van der Waals surface area (Å²) in [6.07, 6.45) is 4.05. The van der Waals surface area contributed by atoms with Crippen molar-refractivity contribution < 1.29 is 4.39 Å². The molecule has 0 saturated carbocycles. The van der Waals surface area contributed by atoms with Gasteiger partial charge in [0.2, 0.25) is 0 Å². The van der Waals surface area contributed by atoms with Crippen LogP contribution in [0.4, 0.5) is 4.39 Å². The first-order chi connectivity index (χ1) is 11.7. The van der Waals surface area contributed by atoms with Crippen molar-refractivity contribution in [3.63, 3.8) is 0 Å². The lowest BCUT2D eigenvalue weighted by molar-refractivity contribution is 0.201. The van der Waals surface area contributed by atoms with Gasteiger partial charge >= 0.3 is 0 Å². The number of hydrogen-bond acceptors (Lipinski definition) is 2. The largest absolute Gasteiger partial charge is 0.357 e. The number of nitrogens with one attached hydrogen (secondary N) is 2. The third-order valence-corrected chi connectivity index (χ3v) is 4.31. The van der Waals surface area contributed by atoms with Crippen LogP contribution in [0.25, 0.3) is 0 Å². The highest BCUT2D eigenvalue weighted by molar-refractivity contribution is 5.79. The minimum atomic E-state index is -0.209. The summed E-state index contributed by atoms with van der Waals surface area (Å²) in [6, 6.07) is 6.51. The van der Waals surface area contributed by atoms with Gasteiger partial charge in [0.05, 0.1) is 6.54 Å². The second-order valence-electron chi connectivity index (χ2n) is 6.67. The van der Waals surface area contributed by atoms with Crippen molar-refractivity contribution in [2.24, 2.45) is 10.9 Å². The number of aliphatic imine (C=N–C) groups is 1. The van der Waals surface area contributed by atoms with E-state index in [0.29, 0.717) is 12.5 Å². The third-order valence-electron chi connectivity index (χ3n) is 4.31. The van der Waals surface area contributed by atoms with Crippen LogP contribution in [0.1, 0.15) is 38.7 Å². The van der Waals surface area contributed by atoms with Crippen molar-refractivity contribution in [3.8, 4) is 0 Å². The number of nitrogens with zero attached hydrogens (tertiary/aromatic N) is 2. The molecule has 0 aromatic heterocycles. The van der Waals surface area contributed by atoms with Gasteiger partial charge in [-0.05, 0) is 56.5 Å². The van der Waals surface area contributed by atoms with Gasteiger partial charge in [0, 0.05) is 19.6 Å². The number of likely N-dealkylation sites (tertiary alicyclic amines) is 1. The number of halogens is 1. The minimum absolute atomic E-state index is 0.209. The van der Waals surface area contributed by atoms with E-state index in [1.807, 2.05) is 0 Å². The van der Waals surface area contributed by atoms with Crippen LogP contribution >= 0.6 is 0 Å². The standard InChI is InChI=1S/C19H31FN4/c1-3-21-19(23-14-17-7-9-18(20)10-8-17)22-13-16(2)15-24-11-5-4-6-12-24/h7-10,16H,3-6,11-15H2,1-2H3,(H2,21,22,23). The molecule has 5 heteroatoms. The van der Waals surface area contributed by atoms with Gasteiger partial charge < -0.3 is 15.5 Å². The molecule has 1 fully saturated rings. The first-order valence-corrected chi connectivity index (χ1v) is 9.16. The molecule has 0 amide bonds. The highest BCUT2D eigenvalue weighted by Crippen LogP contribution is 2.10. The maximum Gasteiger partial charge on any atom is 0.191 e. The van der Waals surface area contributed by atoms with E-state index in [1.54, 1.807) is 12.1 Å². The molecule has 1 aliphatic rings. The van der Waals surface area contributed by atoms with Crippen molar-refractivity contribution in [1.82, 2.24) is 15.5 Å². The SMILES string of the molecule is CCNC(=NCc1ccc(F)cc1)NCC(C)CN1CCCCC1. The van der Waals surface area contributed by atoms with Gasteiger partial charge in [-0.1, -0.05) is 25.5 Å². The summed E-state index contributed by atoms with van der Waals surface area (Å²) in [5.41, 5.74) is 1.01. The number of guanidine groups is 1. The lowest BCUT2D eigenvalue weighted by Crippen LogP contribution is -2.42. The van der Waals surface area contributed by atoms with Crippen molar-refractivity contribution in [1.29, 1.82) is 0 Å². The van der Waals surface area contributed by atoms with Gasteiger partial charge in [-0.2, -0.15) is 0 Å². The fraction of sp³-hybridized carbons (Fsp3) is 0.632. The van der Waals surface area contributed by atoms with Crippen LogP contribution in [0.15, 0.2) is 29.3 Å². The highest BCUT2D eigenvalue weighted by Gasteiger charge is 2.13. The van der Waals surface area contributed by atoms with Gasteiger partial charge in [0.15, 0.2) is 5.96 Å². The Morgan fingerprint density at radius 3 is 2.54 bits per heavy atom. The molecule has 4 nitrogen and oxygen atoms in total. The fourth-order valence-corrected chi connectivity index (χ4v) is 3.02. The molecule has 0 spiro atoms. The molecule has 1 heterocycles. The summed E-state index contributed by atoms with van der Waals surface area (Å²) in [4.78, 5) is 7.16. The second-order valence-corrected chi connectivity index (χ2v) is 6.67. The normalized spacial score (nSPS) is 17.5. The Morgan fingerprint density at radius 1 is 1.17 bits per heavy atom. The zero-order valence-electron chi connectivity index (χ0n) is 15.0. The molecule has 1 saturated heterocycles. The monoisotopic (exact) mass is 334 g/mol. The van der Waals surface area contributed by atoms with E-state index in [9.17, 15) is 4.39 Å². The molecule has 2 N–H and O–H groups in total. The summed E-state index contributed by atoms with van der Waals surface area (Å²) in [6.45, 7) is 10.3. The molecule has 1 aromatic rings. The van der Waals surface area contributed by atoms with E-state index in [4.69, 9.17) is 0 Å². The van der Waals surface area contributed by atoms with E-state index >= 15 is 0 Å². The van der Waals surface area contributed by atoms with Crippen LogP contribution in [0, 0.1) is 11.7 Å². The molecule has 1 unspecified atom stereocenters. The van der Waals surface area contributed by atoms with E-state index in [0.717, 1.165) is 31.2 Å². The molecule has 2 rings (SSSR count). The molecule has 1 aromatic carbocycles. The predicted octanol–water partition coefficient (Wildman–Crippen LogP) is 3.00. The third kappa shape index (κ3) is 6.87. The summed E-state index contributed by atoms with van der Waals surface area (Å²) >= 11 is 0. The summed E-state index contributed by atoms with van der Waals surface area (Å²) < 4.78 is 12.9. The molecule has 24 heavy (non-hydrogen) atoms. The predicted molar refractivity (Wildman–Crippen MR) is 98.7 cm³/mol. The Balaban J connectivity index is 1.78. The van der Waals surface area contributed by atoms with Crippen LogP contribution < -0.4 is 10.6 Å². The van der Waals surface area contributed by atoms with Crippen LogP contribution in [-0.4, -0.2) is 43.6 Å². The summed E-state index contributed by atoms with van der Waals surface area (Å²) in [5.74, 6) is 1.20. The van der Waals surface area contributed by atoms with Crippen LogP contribution in [-0.2, 0) is 6.54 Å². The van der Waals surface area contributed by atoms with Gasteiger partial charge in [0.1, 0.15) is 5.82 Å². The zero-order valence-corrected chi connectivity index (χ0v) is 15.0. The Bertz CT molecular complexity index is 495. The van der Waals surface area contributed by atoms with E-state index < -0.39 is 0 Å². The van der Waals surface area contributed by atoms with Crippen LogP contribution in [0.3, 0.4) is 0 Å². The van der Waals surface area contributed by atoms with E-state index in [2.05, 4.69) is 34.4 Å². The van der Waals surface area contributed by atoms with Crippen molar-refractivity contribution in [2.45, 2.75) is 39.7 Å². The van der Waals surface area contributed by atoms with Crippen LogP contribution in [0.5, 0.6) is 0 Å². The fourth-order valence-electron chi connectivity index (χ4n) is 3.02. The Labute approximate surface area is 145 Å². The second kappa shape index (κ2) is 10.3. The minimum Gasteiger partial charge on any atom is -0.357 e. The lowest BCUT2D eigenvalue weighted by atomic mass is 10.1. The quantitative estimate of drug-likeness (QED) is 0.595. The average molecular weight is 334 g/mol. The lowest BCUT2D eigenvalue weighted by Gasteiger charge is -2.29. The molecule has 1 aliphatic heterocycles. The molecule has 134 valence electrons. The molecular weight excluding hydrogens is 303 g/mol. The summed E-state index contributed by atoms with van der Waals surface area (Å²) in [7, 11) is 0. The summed E-state index contributed by atoms with van der Waals surface area (Å²) in [5, 5.41) is 6.70. The van der Waals surface area contributed by atoms with Crippen molar-refractivity contribution >= 4 is 5.96 Å². The maximum absolute atomic E-state index is 12.9. The first kappa shape index (κ1) is 18.7. The number of rotatable bonds is 7. The van der Waals surface area contributed by atoms with E-state index in [-0.39, 0.29) is 5.82 Å². The number of piperidine rings is 1. The van der Waals surface area contributed by atoms with Crippen molar-refractivity contribution in [2.75, 3.05) is 32.7 Å². The Kier molecular flexibility index (Phi) is 8.02. The molecule has 0 radical (unpaired) electrons. The Morgan fingerprint density at radius 2 is 1.88 bits per heavy atom. The first-order valence-electron chi connectivity index (χ1n) is 9.16. The van der Waals surface area contributed by atoms with Gasteiger partial charge in [-0.15, -0.1) is 0 Å². The maximum atomic E-state index is 12.9. The average Bonchev–Trinajstić information content (AvgIpc) is 2.59. The smallest absolute Gasteiger partial charge is 0.191 e. The number of benzene rings is 1. The van der Waals surface area contributed by atoms with E-state index in [1.165, 1.54) is 44.5 Å². The Hall–Kier alpha value is -1.62. The van der Waals surface area contributed by atoms with Gasteiger partial charge in [-0.25, -0.2) is 9.38 Å². The van der Waals surface area contributed by atoms with Crippen molar-refractivity contribution in [3.05, 3.63) is 35.6 Å². The van der Waals surface area contributed by atoms with Gasteiger partial charge in [0.25, 0.3) is 0 Å². The molecule has 1 atom stereocenters. The van der Waals surface area contributed by atoms with Gasteiger partial charge in [-0.3, -0.25) is 0 Å². The highest BCUT2D eigenvalue weighted by atomic mass is 19.1.